The van der Waals surface area contributed by atoms with Crippen LogP contribution in [0.5, 0.6) is 17.2 Å². The fourth-order valence-electron chi connectivity index (χ4n) is 4.79. The van der Waals surface area contributed by atoms with Gasteiger partial charge in [0.25, 0.3) is 0 Å². The fraction of sp³-hybridized carbons (Fsp3) is 0.500. The number of ketones is 1. The Bertz CT molecular complexity index is 1030. The van der Waals surface area contributed by atoms with Gasteiger partial charge < -0.3 is 29.5 Å². The molecule has 2 aromatic carbocycles. The molecule has 0 spiro atoms. The number of rotatable bonds is 12. The summed E-state index contributed by atoms with van der Waals surface area (Å²) in [7, 11) is 0. The number of carbonyl (C=O) groups is 2. The van der Waals surface area contributed by atoms with Crippen LogP contribution in [0.1, 0.15) is 68.0 Å². The smallest absolute Gasteiger partial charge is 0.231 e. The van der Waals surface area contributed by atoms with Crippen LogP contribution < -0.4 is 24.4 Å². The zero-order chi connectivity index (χ0) is 25.5. The molecular weight excluding hydrogens is 460 g/mol. The van der Waals surface area contributed by atoms with Gasteiger partial charge in [0.1, 0.15) is 24.4 Å². The first-order valence-corrected chi connectivity index (χ1v) is 12.9. The minimum Gasteiger partial charge on any atom is -0.491 e. The first-order valence-electron chi connectivity index (χ1n) is 12.9. The Labute approximate surface area is 212 Å². The summed E-state index contributed by atoms with van der Waals surface area (Å²) < 4.78 is 16.4. The highest BCUT2D eigenvalue weighted by Gasteiger charge is 2.30. The van der Waals surface area contributed by atoms with Gasteiger partial charge in [-0.05, 0) is 62.2 Å². The van der Waals surface area contributed by atoms with Crippen LogP contribution in [0.2, 0.25) is 0 Å². The minimum absolute atomic E-state index is 0.00245. The summed E-state index contributed by atoms with van der Waals surface area (Å²) in [4.78, 5) is 26.7. The lowest BCUT2D eigenvalue weighted by Crippen LogP contribution is -3.11. The first-order chi connectivity index (χ1) is 17.4. The van der Waals surface area contributed by atoms with E-state index in [-0.39, 0.29) is 37.4 Å². The Morgan fingerprint density at radius 2 is 1.75 bits per heavy atom. The molecule has 2 aromatic rings. The number of ether oxygens (including phenoxy) is 3. The zero-order valence-corrected chi connectivity index (χ0v) is 21.1. The lowest BCUT2D eigenvalue weighted by Gasteiger charge is -2.27. The second-order valence-corrected chi connectivity index (χ2v) is 9.86. The van der Waals surface area contributed by atoms with Gasteiger partial charge in [0.05, 0.1) is 19.2 Å². The van der Waals surface area contributed by atoms with Crippen LogP contribution in [-0.4, -0.2) is 55.4 Å². The predicted molar refractivity (Wildman–Crippen MR) is 135 cm³/mol. The molecule has 4 rings (SSSR count). The molecular formula is C28H37N2O6+. The van der Waals surface area contributed by atoms with Gasteiger partial charge in [0.2, 0.25) is 12.7 Å². The summed E-state index contributed by atoms with van der Waals surface area (Å²) in [5, 5.41) is 14.2. The van der Waals surface area contributed by atoms with Crippen LogP contribution >= 0.6 is 0 Å². The summed E-state index contributed by atoms with van der Waals surface area (Å²) in [5.74, 6) is 1.83. The van der Waals surface area contributed by atoms with Crippen LogP contribution in [0.4, 0.5) is 0 Å². The van der Waals surface area contributed by atoms with Crippen LogP contribution in [0.3, 0.4) is 0 Å². The van der Waals surface area contributed by atoms with Gasteiger partial charge in [0, 0.05) is 31.2 Å². The molecule has 1 fully saturated rings. The lowest BCUT2D eigenvalue weighted by molar-refractivity contribution is -0.889. The molecule has 0 aliphatic carbocycles. The van der Waals surface area contributed by atoms with E-state index in [1.165, 1.54) is 4.90 Å². The number of hydrogen-bond acceptors (Lipinski definition) is 6. The third-order valence-corrected chi connectivity index (χ3v) is 6.64. The highest BCUT2D eigenvalue weighted by Crippen LogP contribution is 2.34. The van der Waals surface area contributed by atoms with Crippen LogP contribution in [0, 0.1) is 0 Å². The van der Waals surface area contributed by atoms with E-state index >= 15 is 0 Å². The SMILES string of the molecule is CC(C)Oc1ccc(C(=O)CCCC(=O)NC(C[NH+]2CCCC2)C(O)c2ccc3c(c2)OCO3)cc1. The van der Waals surface area contributed by atoms with Crippen LogP contribution in [0.15, 0.2) is 42.5 Å². The topological polar surface area (TPSA) is 98.5 Å². The summed E-state index contributed by atoms with van der Waals surface area (Å²) in [6, 6.07) is 12.1. The number of benzene rings is 2. The van der Waals surface area contributed by atoms with Crippen molar-refractivity contribution >= 4 is 11.7 Å². The average Bonchev–Trinajstić information content (AvgIpc) is 3.54. The quantitative estimate of drug-likeness (QED) is 0.390. The number of amides is 1. The molecule has 2 atom stereocenters. The molecule has 8 heteroatoms. The standard InChI is InChI=1S/C28H36N2O6/c1-19(2)36-22-11-8-20(9-12-22)24(31)6-5-7-27(32)29-23(17-30-14-3-4-15-30)28(33)21-10-13-25-26(16-21)35-18-34-25/h8-13,16,19,23,28,33H,3-7,14-15,17-18H2,1-2H3,(H,29,32)/p+1. The lowest BCUT2D eigenvalue weighted by atomic mass is 10.0. The molecule has 2 aliphatic heterocycles. The van der Waals surface area contributed by atoms with Crippen molar-refractivity contribution in [3.8, 4) is 17.2 Å². The van der Waals surface area contributed by atoms with Gasteiger partial charge in [-0.1, -0.05) is 6.07 Å². The van der Waals surface area contributed by atoms with Gasteiger partial charge in [-0.2, -0.15) is 0 Å². The molecule has 2 unspecified atom stereocenters. The summed E-state index contributed by atoms with van der Waals surface area (Å²) in [6.07, 6.45) is 2.46. The molecule has 0 aromatic heterocycles. The number of aliphatic hydroxyl groups is 1. The van der Waals surface area contributed by atoms with E-state index in [9.17, 15) is 14.7 Å². The van der Waals surface area contributed by atoms with Crippen LogP contribution in [-0.2, 0) is 4.79 Å². The maximum atomic E-state index is 12.8. The van der Waals surface area contributed by atoms with Crippen molar-refractivity contribution in [2.24, 2.45) is 0 Å². The van der Waals surface area contributed by atoms with Gasteiger partial charge in [-0.15, -0.1) is 0 Å². The number of fused-ring (bicyclic) bond motifs is 1. The minimum atomic E-state index is -0.871. The van der Waals surface area contributed by atoms with Gasteiger partial charge in [-0.25, -0.2) is 0 Å². The van der Waals surface area contributed by atoms with Crippen molar-refractivity contribution in [3.05, 3.63) is 53.6 Å². The number of aliphatic hydroxyl groups excluding tert-OH is 1. The molecule has 194 valence electrons. The number of nitrogens with one attached hydrogen (secondary N) is 2. The number of carbonyl (C=O) groups excluding carboxylic acids is 2. The summed E-state index contributed by atoms with van der Waals surface area (Å²) in [5.41, 5.74) is 1.29. The van der Waals surface area contributed by atoms with Crippen LogP contribution in [0.25, 0.3) is 0 Å². The molecule has 0 bridgehead atoms. The molecule has 2 heterocycles. The maximum absolute atomic E-state index is 12.8. The second kappa shape index (κ2) is 12.2. The third kappa shape index (κ3) is 6.98. The van der Waals surface area contributed by atoms with Crippen molar-refractivity contribution in [1.82, 2.24) is 5.32 Å². The van der Waals surface area contributed by atoms with E-state index in [0.29, 0.717) is 35.6 Å². The molecule has 1 amide bonds. The van der Waals surface area contributed by atoms with E-state index in [0.717, 1.165) is 31.7 Å². The van der Waals surface area contributed by atoms with Crippen molar-refractivity contribution in [1.29, 1.82) is 0 Å². The van der Waals surface area contributed by atoms with E-state index in [2.05, 4.69) is 5.32 Å². The number of hydrogen-bond donors (Lipinski definition) is 3. The average molecular weight is 498 g/mol. The Hall–Kier alpha value is -3.10. The third-order valence-electron chi connectivity index (χ3n) is 6.64. The number of quaternary nitrogens is 1. The summed E-state index contributed by atoms with van der Waals surface area (Å²) in [6.45, 7) is 6.79. The largest absolute Gasteiger partial charge is 0.491 e. The highest BCUT2D eigenvalue weighted by atomic mass is 16.7. The van der Waals surface area contributed by atoms with Gasteiger partial charge in [-0.3, -0.25) is 9.59 Å². The normalized spacial score (nSPS) is 16.7. The molecule has 3 N–H and O–H groups in total. The Balaban J connectivity index is 1.31. The van der Waals surface area contributed by atoms with E-state index in [4.69, 9.17) is 14.2 Å². The van der Waals surface area contributed by atoms with Crippen molar-refractivity contribution in [2.75, 3.05) is 26.4 Å². The predicted octanol–water partition coefficient (Wildman–Crippen LogP) is 2.45. The molecule has 1 saturated heterocycles. The number of Topliss-reactive ketones (excluding diaryl/α,β-unsaturated/α-hetero) is 1. The molecule has 2 aliphatic rings. The molecule has 36 heavy (non-hydrogen) atoms. The van der Waals surface area contributed by atoms with Crippen molar-refractivity contribution < 1.29 is 33.8 Å². The number of likely N-dealkylation sites (tertiary alicyclic amines) is 1. The van der Waals surface area contributed by atoms with Gasteiger partial charge >= 0.3 is 0 Å². The summed E-state index contributed by atoms with van der Waals surface area (Å²) >= 11 is 0. The molecule has 8 nitrogen and oxygen atoms in total. The fourth-order valence-corrected chi connectivity index (χ4v) is 4.79. The van der Waals surface area contributed by atoms with Gasteiger partial charge in [0.15, 0.2) is 17.3 Å². The monoisotopic (exact) mass is 497 g/mol. The Morgan fingerprint density at radius 3 is 2.47 bits per heavy atom. The first kappa shape index (κ1) is 26.0. The molecule has 0 saturated carbocycles. The highest BCUT2D eigenvalue weighted by molar-refractivity contribution is 5.96. The van der Waals surface area contributed by atoms with Crippen molar-refractivity contribution in [2.45, 2.75) is 64.2 Å². The Kier molecular flexibility index (Phi) is 8.83. The zero-order valence-electron chi connectivity index (χ0n) is 21.1. The molecule has 0 radical (unpaired) electrons. The van der Waals surface area contributed by atoms with Crippen molar-refractivity contribution in [3.63, 3.8) is 0 Å². The second-order valence-electron chi connectivity index (χ2n) is 9.86. The maximum Gasteiger partial charge on any atom is 0.231 e. The Morgan fingerprint density at radius 1 is 1.03 bits per heavy atom. The van der Waals surface area contributed by atoms with E-state index in [1.807, 2.05) is 19.9 Å². The van der Waals surface area contributed by atoms with E-state index < -0.39 is 12.1 Å². The van der Waals surface area contributed by atoms with E-state index in [1.54, 1.807) is 36.4 Å².